The molecule has 0 aliphatic heterocycles. The summed E-state index contributed by atoms with van der Waals surface area (Å²) in [5, 5.41) is 12.1. The second-order valence-corrected chi connectivity index (χ2v) is 7.78. The predicted molar refractivity (Wildman–Crippen MR) is 116 cm³/mol. The molecule has 1 fully saturated rings. The van der Waals surface area contributed by atoms with Crippen LogP contribution in [-0.4, -0.2) is 16.3 Å². The van der Waals surface area contributed by atoms with Crippen molar-refractivity contribution in [2.24, 2.45) is 0 Å². The minimum absolute atomic E-state index is 0.434. The van der Waals surface area contributed by atoms with Crippen molar-refractivity contribution in [2.75, 3.05) is 5.32 Å². The van der Waals surface area contributed by atoms with Gasteiger partial charge in [0.2, 0.25) is 0 Å². The molecule has 6 heteroatoms. The molecule has 1 aliphatic carbocycles. The Labute approximate surface area is 170 Å². The van der Waals surface area contributed by atoms with Crippen molar-refractivity contribution in [1.29, 1.82) is 0 Å². The smallest absolute Gasteiger partial charge is 0.187 e. The van der Waals surface area contributed by atoms with Crippen molar-refractivity contribution in [3.8, 4) is 5.75 Å². The van der Waals surface area contributed by atoms with Crippen LogP contribution in [0.3, 0.4) is 0 Å². The fourth-order valence-corrected chi connectivity index (χ4v) is 3.85. The number of aryl methyl sites for hydroxylation is 1. The van der Waals surface area contributed by atoms with E-state index in [4.69, 9.17) is 21.5 Å². The Kier molecular flexibility index (Phi) is 5.76. The Morgan fingerprint density at radius 3 is 2.71 bits per heavy atom. The van der Waals surface area contributed by atoms with Crippen LogP contribution >= 0.6 is 12.2 Å². The van der Waals surface area contributed by atoms with E-state index in [9.17, 15) is 0 Å². The van der Waals surface area contributed by atoms with Gasteiger partial charge in [-0.25, -0.2) is 0 Å². The zero-order valence-corrected chi connectivity index (χ0v) is 16.8. The van der Waals surface area contributed by atoms with E-state index in [1.807, 2.05) is 18.2 Å². The third kappa shape index (κ3) is 4.44. The lowest BCUT2D eigenvalue weighted by Gasteiger charge is -2.24. The Morgan fingerprint density at radius 2 is 1.93 bits per heavy atom. The van der Waals surface area contributed by atoms with Gasteiger partial charge >= 0.3 is 0 Å². The molecule has 5 nitrogen and oxygen atoms in total. The molecule has 0 spiro atoms. The molecule has 1 heterocycles. The van der Waals surface area contributed by atoms with E-state index in [1.165, 1.54) is 24.8 Å². The molecular weight excluding hydrogens is 370 g/mol. The molecule has 0 amide bonds. The molecule has 2 N–H and O–H groups in total. The second-order valence-electron chi connectivity index (χ2n) is 7.37. The van der Waals surface area contributed by atoms with E-state index in [0.29, 0.717) is 29.2 Å². The van der Waals surface area contributed by atoms with Gasteiger partial charge in [-0.1, -0.05) is 60.3 Å². The van der Waals surface area contributed by atoms with Gasteiger partial charge in [0, 0.05) is 6.04 Å². The first-order valence-corrected chi connectivity index (χ1v) is 10.2. The van der Waals surface area contributed by atoms with Crippen LogP contribution in [0.5, 0.6) is 5.75 Å². The molecule has 2 aromatic carbocycles. The number of thiocarbonyl (C=S) groups is 1. The lowest BCUT2D eigenvalue weighted by Crippen LogP contribution is -2.38. The summed E-state index contributed by atoms with van der Waals surface area (Å²) in [7, 11) is 0. The maximum atomic E-state index is 6.07. The van der Waals surface area contributed by atoms with E-state index < -0.39 is 0 Å². The molecular formula is C22H25N3O2S. The van der Waals surface area contributed by atoms with Crippen LogP contribution in [0, 0.1) is 6.92 Å². The van der Waals surface area contributed by atoms with Crippen molar-refractivity contribution in [3.63, 3.8) is 0 Å². The van der Waals surface area contributed by atoms with Crippen molar-refractivity contribution < 1.29 is 9.26 Å². The number of nitrogens with zero attached hydrogens (tertiary/aromatic N) is 1. The first-order chi connectivity index (χ1) is 13.7. The molecule has 0 radical (unpaired) electrons. The lowest BCUT2D eigenvalue weighted by molar-refractivity contribution is 0.310. The number of fused-ring (bicyclic) bond motifs is 1. The van der Waals surface area contributed by atoms with Crippen molar-refractivity contribution >= 4 is 34.1 Å². The van der Waals surface area contributed by atoms with E-state index in [0.717, 1.165) is 29.5 Å². The van der Waals surface area contributed by atoms with Crippen molar-refractivity contribution in [3.05, 3.63) is 53.6 Å². The molecule has 1 aliphatic rings. The molecule has 3 aromatic rings. The summed E-state index contributed by atoms with van der Waals surface area (Å²) >= 11 is 5.50. The minimum Gasteiger partial charge on any atom is -0.488 e. The van der Waals surface area contributed by atoms with Crippen molar-refractivity contribution in [2.45, 2.75) is 51.7 Å². The summed E-state index contributed by atoms with van der Waals surface area (Å²) in [5.41, 5.74) is 3.02. The Morgan fingerprint density at radius 1 is 1.14 bits per heavy atom. The minimum atomic E-state index is 0.434. The number of hydrogen-bond donors (Lipinski definition) is 2. The van der Waals surface area contributed by atoms with Crippen LogP contribution in [0.25, 0.3) is 11.0 Å². The van der Waals surface area contributed by atoms with E-state index >= 15 is 0 Å². The highest BCUT2D eigenvalue weighted by atomic mass is 32.1. The molecule has 146 valence electrons. The zero-order chi connectivity index (χ0) is 19.3. The van der Waals surface area contributed by atoms with Gasteiger partial charge in [-0.05, 0) is 49.7 Å². The molecule has 1 aromatic heterocycles. The Bertz CT molecular complexity index is 946. The molecule has 1 saturated carbocycles. The highest BCUT2D eigenvalue weighted by Gasteiger charge is 2.18. The predicted octanol–water partition coefficient (Wildman–Crippen LogP) is 5.33. The van der Waals surface area contributed by atoms with Gasteiger partial charge in [0.05, 0.1) is 0 Å². The van der Waals surface area contributed by atoms with Crippen LogP contribution < -0.4 is 15.4 Å². The van der Waals surface area contributed by atoms with Gasteiger partial charge < -0.3 is 19.9 Å². The van der Waals surface area contributed by atoms with Crippen LogP contribution in [0.1, 0.15) is 43.2 Å². The van der Waals surface area contributed by atoms with E-state index in [1.54, 1.807) is 0 Å². The summed E-state index contributed by atoms with van der Waals surface area (Å²) in [4.78, 5) is 0. The van der Waals surface area contributed by atoms with Gasteiger partial charge in [0.15, 0.2) is 16.5 Å². The van der Waals surface area contributed by atoms with E-state index in [2.05, 4.69) is 47.0 Å². The fourth-order valence-electron chi connectivity index (χ4n) is 3.59. The normalized spacial score (nSPS) is 14.8. The monoisotopic (exact) mass is 395 g/mol. The molecule has 0 unspecified atom stereocenters. The maximum Gasteiger partial charge on any atom is 0.187 e. The number of aromatic nitrogens is 1. The van der Waals surface area contributed by atoms with Crippen LogP contribution in [0.4, 0.5) is 5.82 Å². The van der Waals surface area contributed by atoms with E-state index in [-0.39, 0.29) is 0 Å². The number of rotatable bonds is 5. The van der Waals surface area contributed by atoms with Gasteiger partial charge in [-0.3, -0.25) is 0 Å². The van der Waals surface area contributed by atoms with Crippen molar-refractivity contribution in [1.82, 2.24) is 10.5 Å². The lowest BCUT2D eigenvalue weighted by atomic mass is 9.96. The Balaban J connectivity index is 1.48. The summed E-state index contributed by atoms with van der Waals surface area (Å²) in [6, 6.07) is 14.5. The highest BCUT2D eigenvalue weighted by Crippen LogP contribution is 2.32. The summed E-state index contributed by atoms with van der Waals surface area (Å²) < 4.78 is 11.5. The molecule has 4 rings (SSSR count). The first-order valence-electron chi connectivity index (χ1n) is 9.83. The number of hydrogen-bond acceptors (Lipinski definition) is 4. The number of benzene rings is 2. The molecule has 0 bridgehead atoms. The zero-order valence-electron chi connectivity index (χ0n) is 16.0. The number of ether oxygens (including phenoxy) is 1. The van der Waals surface area contributed by atoms with Gasteiger partial charge in [0.25, 0.3) is 0 Å². The summed E-state index contributed by atoms with van der Waals surface area (Å²) in [6.07, 6.45) is 6.14. The van der Waals surface area contributed by atoms with Crippen LogP contribution in [0.15, 0.2) is 47.0 Å². The summed E-state index contributed by atoms with van der Waals surface area (Å²) in [5.74, 6) is 1.31. The quantitative estimate of drug-likeness (QED) is 0.569. The van der Waals surface area contributed by atoms with Crippen LogP contribution in [0.2, 0.25) is 0 Å². The standard InChI is InChI=1S/C22H25N3O2S/c1-15-10-12-16(13-11-15)14-26-18-8-5-9-19-20(18)21(25-27-19)24-22(28)23-17-6-3-2-4-7-17/h5,8-13,17H,2-4,6-7,14H2,1H3,(H2,23,24,25,28). The molecule has 0 atom stereocenters. The SMILES string of the molecule is Cc1ccc(COc2cccc3onc(NC(=S)NC4CCCCC4)c23)cc1. The largest absolute Gasteiger partial charge is 0.488 e. The number of anilines is 1. The summed E-state index contributed by atoms with van der Waals surface area (Å²) in [6.45, 7) is 2.56. The molecule has 28 heavy (non-hydrogen) atoms. The Hall–Kier alpha value is -2.60. The van der Waals surface area contributed by atoms with Gasteiger partial charge in [0.1, 0.15) is 17.7 Å². The van der Waals surface area contributed by atoms with Gasteiger partial charge in [-0.15, -0.1) is 0 Å². The first kappa shape index (κ1) is 18.7. The topological polar surface area (TPSA) is 59.3 Å². The second kappa shape index (κ2) is 8.61. The average molecular weight is 396 g/mol. The third-order valence-electron chi connectivity index (χ3n) is 5.15. The number of nitrogens with one attached hydrogen (secondary N) is 2. The fraction of sp³-hybridized carbons (Fsp3) is 0.364. The highest BCUT2D eigenvalue weighted by molar-refractivity contribution is 7.80. The van der Waals surface area contributed by atoms with Crippen LogP contribution in [-0.2, 0) is 6.61 Å². The average Bonchev–Trinajstić information content (AvgIpc) is 3.12. The third-order valence-corrected chi connectivity index (χ3v) is 5.37. The maximum absolute atomic E-state index is 6.07. The van der Waals surface area contributed by atoms with Gasteiger partial charge in [-0.2, -0.15) is 0 Å². The molecule has 0 saturated heterocycles.